The summed E-state index contributed by atoms with van der Waals surface area (Å²) in [6.07, 6.45) is -2.58. The molecular weight excluding hydrogens is 284 g/mol. The van der Waals surface area contributed by atoms with Gasteiger partial charge in [0, 0.05) is 22.6 Å². The van der Waals surface area contributed by atoms with E-state index in [4.69, 9.17) is 0 Å². The molecule has 2 unspecified atom stereocenters. The molecule has 1 aromatic carbocycles. The summed E-state index contributed by atoms with van der Waals surface area (Å²) in [4.78, 5) is 0. The van der Waals surface area contributed by atoms with E-state index in [2.05, 4.69) is 21.2 Å². The van der Waals surface area contributed by atoms with Crippen LogP contribution in [0.2, 0.25) is 0 Å². The fraction of sp³-hybridized carbons (Fsp3) is 0.400. The van der Waals surface area contributed by atoms with Gasteiger partial charge in [-0.2, -0.15) is 0 Å². The molecule has 16 heavy (non-hydrogen) atoms. The number of hydrogen-bond donors (Lipinski definition) is 3. The maximum atomic E-state index is 13.4. The molecule has 0 aliphatic carbocycles. The van der Waals surface area contributed by atoms with E-state index >= 15 is 0 Å². The molecule has 0 amide bonds. The number of nitrogens with one attached hydrogen (secondary N) is 1. The topological polar surface area (TPSA) is 52.5 Å². The molecule has 2 atom stereocenters. The van der Waals surface area contributed by atoms with E-state index in [0.717, 1.165) is 6.07 Å². The predicted octanol–water partition coefficient (Wildman–Crippen LogP) is 1.34. The lowest BCUT2D eigenvalue weighted by Gasteiger charge is -2.19. The summed E-state index contributed by atoms with van der Waals surface area (Å²) >= 11 is 2.95. The molecule has 1 rings (SSSR count). The number of halogens is 3. The van der Waals surface area contributed by atoms with E-state index in [1.54, 1.807) is 7.05 Å². The Morgan fingerprint density at radius 3 is 2.50 bits per heavy atom. The second kappa shape index (κ2) is 5.67. The first-order valence-corrected chi connectivity index (χ1v) is 5.41. The molecule has 0 bridgehead atoms. The van der Waals surface area contributed by atoms with Crippen molar-refractivity contribution in [2.45, 2.75) is 12.2 Å². The number of aliphatic hydroxyl groups excluding tert-OH is 2. The van der Waals surface area contributed by atoms with E-state index in [-0.39, 0.29) is 16.6 Å². The Morgan fingerprint density at radius 1 is 1.38 bits per heavy atom. The molecule has 0 aromatic heterocycles. The molecule has 6 heteroatoms. The molecule has 0 heterocycles. The van der Waals surface area contributed by atoms with Crippen LogP contribution in [0.3, 0.4) is 0 Å². The third-order valence-corrected chi connectivity index (χ3v) is 2.77. The second-order valence-corrected chi connectivity index (χ2v) is 4.21. The van der Waals surface area contributed by atoms with Gasteiger partial charge in [-0.3, -0.25) is 0 Å². The van der Waals surface area contributed by atoms with Gasteiger partial charge in [-0.15, -0.1) is 0 Å². The number of rotatable bonds is 4. The fourth-order valence-corrected chi connectivity index (χ4v) is 1.99. The van der Waals surface area contributed by atoms with Crippen LogP contribution < -0.4 is 5.32 Å². The van der Waals surface area contributed by atoms with Crippen molar-refractivity contribution in [3.63, 3.8) is 0 Å². The van der Waals surface area contributed by atoms with Gasteiger partial charge in [0.25, 0.3) is 0 Å². The predicted molar refractivity (Wildman–Crippen MR) is 59.0 cm³/mol. The summed E-state index contributed by atoms with van der Waals surface area (Å²) in [5.74, 6) is -1.64. The molecule has 90 valence electrons. The Balaban J connectivity index is 3.03. The Hall–Kier alpha value is -0.560. The number of benzene rings is 1. The molecule has 0 spiro atoms. The molecule has 0 aliphatic rings. The molecule has 0 fully saturated rings. The van der Waals surface area contributed by atoms with Crippen molar-refractivity contribution in [2.24, 2.45) is 0 Å². The minimum Gasteiger partial charge on any atom is -0.389 e. The van der Waals surface area contributed by atoms with Crippen molar-refractivity contribution in [2.75, 3.05) is 13.6 Å². The average Bonchev–Trinajstić information content (AvgIpc) is 2.16. The lowest BCUT2D eigenvalue weighted by atomic mass is 10.0. The second-order valence-electron chi connectivity index (χ2n) is 3.35. The SMILES string of the molecule is CNCC(O)C(O)c1c(F)cc(F)cc1Br. The minimum absolute atomic E-state index is 0.0904. The zero-order valence-corrected chi connectivity index (χ0v) is 10.1. The number of aliphatic hydroxyl groups is 2. The first-order chi connectivity index (χ1) is 7.47. The van der Waals surface area contributed by atoms with Crippen LogP contribution in [0.15, 0.2) is 16.6 Å². The summed E-state index contributed by atoms with van der Waals surface area (Å²) in [7, 11) is 1.59. The lowest BCUT2D eigenvalue weighted by Crippen LogP contribution is -2.30. The van der Waals surface area contributed by atoms with Gasteiger partial charge in [0.1, 0.15) is 17.7 Å². The van der Waals surface area contributed by atoms with Gasteiger partial charge >= 0.3 is 0 Å². The standard InChI is InChI=1S/C10H12BrF2NO2/c1-14-4-8(15)10(16)9-6(11)2-5(12)3-7(9)13/h2-3,8,10,14-16H,4H2,1H3. The van der Waals surface area contributed by atoms with E-state index < -0.39 is 23.8 Å². The third-order valence-electron chi connectivity index (χ3n) is 2.12. The van der Waals surface area contributed by atoms with Gasteiger partial charge in [0.15, 0.2) is 0 Å². The highest BCUT2D eigenvalue weighted by atomic mass is 79.9. The fourth-order valence-electron chi connectivity index (χ4n) is 1.35. The Kier molecular flexibility index (Phi) is 4.79. The zero-order chi connectivity index (χ0) is 12.3. The number of likely N-dealkylation sites (N-methyl/N-ethyl adjacent to an activating group) is 1. The van der Waals surface area contributed by atoms with Gasteiger partial charge in [0.2, 0.25) is 0 Å². The Bertz CT molecular complexity index is 353. The highest BCUT2D eigenvalue weighted by molar-refractivity contribution is 9.10. The maximum absolute atomic E-state index is 13.4. The van der Waals surface area contributed by atoms with Gasteiger partial charge in [-0.25, -0.2) is 8.78 Å². The molecule has 3 N–H and O–H groups in total. The third kappa shape index (κ3) is 2.98. The van der Waals surface area contributed by atoms with Gasteiger partial charge in [-0.05, 0) is 13.1 Å². The molecule has 0 saturated carbocycles. The van der Waals surface area contributed by atoms with Gasteiger partial charge in [-0.1, -0.05) is 15.9 Å². The van der Waals surface area contributed by atoms with E-state index in [1.165, 1.54) is 0 Å². The summed E-state index contributed by atoms with van der Waals surface area (Å²) in [6, 6.07) is 1.70. The van der Waals surface area contributed by atoms with Crippen molar-refractivity contribution in [1.29, 1.82) is 0 Å². The van der Waals surface area contributed by atoms with Crippen LogP contribution in [0.4, 0.5) is 8.78 Å². The summed E-state index contributed by atoms with van der Waals surface area (Å²) in [5, 5.41) is 21.8. The summed E-state index contributed by atoms with van der Waals surface area (Å²) < 4.78 is 26.3. The van der Waals surface area contributed by atoms with Crippen LogP contribution in [0.1, 0.15) is 11.7 Å². The highest BCUT2D eigenvalue weighted by Gasteiger charge is 2.24. The van der Waals surface area contributed by atoms with Crippen LogP contribution in [-0.4, -0.2) is 29.9 Å². The van der Waals surface area contributed by atoms with Crippen molar-refractivity contribution >= 4 is 15.9 Å². The van der Waals surface area contributed by atoms with Crippen LogP contribution >= 0.6 is 15.9 Å². The largest absolute Gasteiger partial charge is 0.389 e. The van der Waals surface area contributed by atoms with Crippen molar-refractivity contribution in [3.8, 4) is 0 Å². The van der Waals surface area contributed by atoms with Crippen molar-refractivity contribution < 1.29 is 19.0 Å². The molecule has 0 radical (unpaired) electrons. The Labute approximate surface area is 100 Å². The normalized spacial score (nSPS) is 14.9. The van der Waals surface area contributed by atoms with E-state index in [1.807, 2.05) is 0 Å². The smallest absolute Gasteiger partial charge is 0.133 e. The van der Waals surface area contributed by atoms with Crippen LogP contribution in [0, 0.1) is 11.6 Å². The van der Waals surface area contributed by atoms with E-state index in [9.17, 15) is 19.0 Å². The molecule has 0 aliphatic heterocycles. The molecule has 1 aromatic rings. The van der Waals surface area contributed by atoms with Crippen LogP contribution in [-0.2, 0) is 0 Å². The maximum Gasteiger partial charge on any atom is 0.133 e. The van der Waals surface area contributed by atoms with Crippen molar-refractivity contribution in [3.05, 3.63) is 33.8 Å². The molecular formula is C10H12BrF2NO2. The van der Waals surface area contributed by atoms with Gasteiger partial charge in [0.05, 0.1) is 6.10 Å². The first-order valence-electron chi connectivity index (χ1n) is 4.62. The Morgan fingerprint density at radius 2 is 2.00 bits per heavy atom. The zero-order valence-electron chi connectivity index (χ0n) is 8.54. The summed E-state index contributed by atoms with van der Waals surface area (Å²) in [5.41, 5.74) is -0.149. The van der Waals surface area contributed by atoms with E-state index in [0.29, 0.717) is 6.07 Å². The van der Waals surface area contributed by atoms with Gasteiger partial charge < -0.3 is 15.5 Å². The van der Waals surface area contributed by atoms with Crippen LogP contribution in [0.25, 0.3) is 0 Å². The first kappa shape index (κ1) is 13.5. The average molecular weight is 296 g/mol. The highest BCUT2D eigenvalue weighted by Crippen LogP contribution is 2.29. The molecule has 3 nitrogen and oxygen atoms in total. The lowest BCUT2D eigenvalue weighted by molar-refractivity contribution is 0.0176. The summed E-state index contributed by atoms with van der Waals surface area (Å²) in [6.45, 7) is 0.102. The monoisotopic (exact) mass is 295 g/mol. The van der Waals surface area contributed by atoms with Crippen LogP contribution in [0.5, 0.6) is 0 Å². The molecule has 0 saturated heterocycles. The quantitative estimate of drug-likeness (QED) is 0.786. The van der Waals surface area contributed by atoms with Crippen molar-refractivity contribution in [1.82, 2.24) is 5.32 Å². The minimum atomic E-state index is -1.41. The number of hydrogen-bond acceptors (Lipinski definition) is 3.